The molecule has 1 amide bonds. The van der Waals surface area contributed by atoms with Gasteiger partial charge in [-0.3, -0.25) is 9.59 Å². The molecule has 0 bridgehead atoms. The number of nitrogen functional groups attached to an aromatic ring is 1. The van der Waals surface area contributed by atoms with E-state index in [1.807, 2.05) is 0 Å². The highest BCUT2D eigenvalue weighted by molar-refractivity contribution is 6.09. The molecular weight excluding hydrogens is 310 g/mol. The zero-order chi connectivity index (χ0) is 16.9. The van der Waals surface area contributed by atoms with Crippen molar-refractivity contribution in [2.75, 3.05) is 12.3 Å². The van der Waals surface area contributed by atoms with Crippen LogP contribution in [0, 0.1) is 0 Å². The zero-order valence-electron chi connectivity index (χ0n) is 12.7. The molecule has 0 saturated carbocycles. The van der Waals surface area contributed by atoms with E-state index in [-0.39, 0.29) is 17.7 Å². The number of ketones is 1. The SMILES string of the molecule is Nc1nnc(CCNC(=O)c2ccc(C(=O)c3cc[nH]c3)cc2)o1. The number of rotatable bonds is 6. The van der Waals surface area contributed by atoms with E-state index in [0.717, 1.165) is 0 Å². The molecule has 4 N–H and O–H groups in total. The fraction of sp³-hybridized carbons (Fsp3) is 0.125. The fourth-order valence-electron chi connectivity index (χ4n) is 2.16. The largest absolute Gasteiger partial charge is 0.408 e. The third kappa shape index (κ3) is 3.49. The van der Waals surface area contributed by atoms with Gasteiger partial charge in [0.1, 0.15) is 0 Å². The van der Waals surface area contributed by atoms with Crippen molar-refractivity contribution >= 4 is 17.7 Å². The van der Waals surface area contributed by atoms with Crippen molar-refractivity contribution < 1.29 is 14.0 Å². The molecule has 0 radical (unpaired) electrons. The Morgan fingerprint density at radius 1 is 1.08 bits per heavy atom. The first-order valence-corrected chi connectivity index (χ1v) is 7.27. The summed E-state index contributed by atoms with van der Waals surface area (Å²) in [4.78, 5) is 27.1. The number of carbonyl (C=O) groups excluding carboxylic acids is 2. The molecule has 0 aliphatic heterocycles. The first-order chi connectivity index (χ1) is 11.6. The van der Waals surface area contributed by atoms with E-state index in [1.165, 1.54) is 0 Å². The molecule has 3 rings (SSSR count). The Morgan fingerprint density at radius 3 is 2.46 bits per heavy atom. The number of hydrogen-bond acceptors (Lipinski definition) is 6. The van der Waals surface area contributed by atoms with Crippen LogP contribution < -0.4 is 11.1 Å². The lowest BCUT2D eigenvalue weighted by atomic mass is 10.0. The lowest BCUT2D eigenvalue weighted by Gasteiger charge is -2.04. The van der Waals surface area contributed by atoms with Crippen LogP contribution in [0.1, 0.15) is 32.2 Å². The molecule has 2 aromatic heterocycles. The number of carbonyl (C=O) groups is 2. The highest BCUT2D eigenvalue weighted by Crippen LogP contribution is 2.11. The molecule has 24 heavy (non-hydrogen) atoms. The number of nitrogens with two attached hydrogens (primary N) is 1. The Morgan fingerprint density at radius 2 is 1.83 bits per heavy atom. The number of anilines is 1. The van der Waals surface area contributed by atoms with Crippen LogP contribution in [0.3, 0.4) is 0 Å². The molecule has 0 fully saturated rings. The molecule has 8 nitrogen and oxygen atoms in total. The van der Waals surface area contributed by atoms with Gasteiger partial charge < -0.3 is 20.5 Å². The number of aromatic nitrogens is 3. The maximum absolute atomic E-state index is 12.2. The van der Waals surface area contributed by atoms with Crippen LogP contribution in [-0.4, -0.2) is 33.4 Å². The molecule has 0 aliphatic carbocycles. The van der Waals surface area contributed by atoms with E-state index in [4.69, 9.17) is 10.2 Å². The minimum atomic E-state index is -0.247. The van der Waals surface area contributed by atoms with E-state index in [1.54, 1.807) is 42.7 Å². The second-order valence-electron chi connectivity index (χ2n) is 5.05. The molecule has 0 aliphatic rings. The smallest absolute Gasteiger partial charge is 0.312 e. The van der Waals surface area contributed by atoms with Crippen molar-refractivity contribution in [3.63, 3.8) is 0 Å². The van der Waals surface area contributed by atoms with Crippen LogP contribution in [0.25, 0.3) is 0 Å². The fourth-order valence-corrected chi connectivity index (χ4v) is 2.16. The van der Waals surface area contributed by atoms with E-state index < -0.39 is 0 Å². The summed E-state index contributed by atoms with van der Waals surface area (Å²) in [5.74, 6) is 0.0144. The number of nitrogens with zero attached hydrogens (tertiary/aromatic N) is 2. The Balaban J connectivity index is 1.56. The number of hydrogen-bond donors (Lipinski definition) is 3. The predicted octanol–water partition coefficient (Wildman–Crippen LogP) is 1.18. The van der Waals surface area contributed by atoms with Gasteiger partial charge in [0.2, 0.25) is 5.89 Å². The molecule has 122 valence electrons. The summed E-state index contributed by atoms with van der Waals surface area (Å²) in [5.41, 5.74) is 6.88. The Labute approximate surface area is 137 Å². The number of nitrogens with one attached hydrogen (secondary N) is 2. The molecule has 1 aromatic carbocycles. The second kappa shape index (κ2) is 6.78. The van der Waals surface area contributed by atoms with E-state index in [9.17, 15) is 9.59 Å². The summed E-state index contributed by atoms with van der Waals surface area (Å²) < 4.78 is 5.01. The van der Waals surface area contributed by atoms with Crippen molar-refractivity contribution in [3.8, 4) is 0 Å². The van der Waals surface area contributed by atoms with E-state index in [2.05, 4.69) is 20.5 Å². The van der Waals surface area contributed by atoms with E-state index in [0.29, 0.717) is 35.5 Å². The minimum absolute atomic E-state index is 0.000921. The van der Waals surface area contributed by atoms with Crippen LogP contribution in [0.4, 0.5) is 6.01 Å². The average molecular weight is 325 g/mol. The third-order valence-corrected chi connectivity index (χ3v) is 3.38. The first-order valence-electron chi connectivity index (χ1n) is 7.27. The standard InChI is InChI=1S/C16H15N5O3/c17-16-21-20-13(24-16)6-8-19-15(23)11-3-1-10(2-4-11)14(22)12-5-7-18-9-12/h1-5,7,9,18H,6,8H2,(H2,17,21)(H,19,23). The van der Waals surface area contributed by atoms with Gasteiger partial charge in [-0.1, -0.05) is 17.2 Å². The summed E-state index contributed by atoms with van der Waals surface area (Å²) in [6.45, 7) is 0.338. The van der Waals surface area contributed by atoms with Crippen LogP contribution in [-0.2, 0) is 6.42 Å². The summed E-state index contributed by atoms with van der Waals surface area (Å²) >= 11 is 0. The highest BCUT2D eigenvalue weighted by Gasteiger charge is 2.11. The van der Waals surface area contributed by atoms with Crippen molar-refractivity contribution in [3.05, 3.63) is 65.3 Å². The number of amides is 1. The van der Waals surface area contributed by atoms with Gasteiger partial charge in [-0.25, -0.2) is 0 Å². The molecule has 3 aromatic rings. The van der Waals surface area contributed by atoms with Gasteiger partial charge in [-0.2, -0.15) is 0 Å². The van der Waals surface area contributed by atoms with E-state index >= 15 is 0 Å². The Hall–Kier alpha value is -3.42. The van der Waals surface area contributed by atoms with Gasteiger partial charge in [0.05, 0.1) is 0 Å². The highest BCUT2D eigenvalue weighted by atomic mass is 16.4. The Kier molecular flexibility index (Phi) is 4.37. The molecule has 0 spiro atoms. The summed E-state index contributed by atoms with van der Waals surface area (Å²) in [6.07, 6.45) is 3.71. The minimum Gasteiger partial charge on any atom is -0.408 e. The van der Waals surface area contributed by atoms with Gasteiger partial charge >= 0.3 is 6.01 Å². The van der Waals surface area contributed by atoms with Crippen molar-refractivity contribution in [1.82, 2.24) is 20.5 Å². The maximum atomic E-state index is 12.2. The molecule has 0 unspecified atom stereocenters. The molecular formula is C16H15N5O3. The van der Waals surface area contributed by atoms with Crippen molar-refractivity contribution in [2.24, 2.45) is 0 Å². The zero-order valence-corrected chi connectivity index (χ0v) is 12.7. The third-order valence-electron chi connectivity index (χ3n) is 3.38. The normalized spacial score (nSPS) is 10.5. The lowest BCUT2D eigenvalue weighted by molar-refractivity contribution is 0.0952. The molecule has 2 heterocycles. The van der Waals surface area contributed by atoms with Gasteiger partial charge in [-0.05, 0) is 18.2 Å². The van der Waals surface area contributed by atoms with Crippen LogP contribution >= 0.6 is 0 Å². The average Bonchev–Trinajstić information content (AvgIpc) is 3.26. The van der Waals surface area contributed by atoms with Gasteiger partial charge in [0.25, 0.3) is 5.91 Å². The summed E-state index contributed by atoms with van der Waals surface area (Å²) in [5, 5.41) is 9.98. The number of aromatic amines is 1. The monoisotopic (exact) mass is 325 g/mol. The topological polar surface area (TPSA) is 127 Å². The quantitative estimate of drug-likeness (QED) is 0.584. The van der Waals surface area contributed by atoms with Crippen LogP contribution in [0.15, 0.2) is 47.1 Å². The molecule has 0 atom stereocenters. The van der Waals surface area contributed by atoms with Crippen LogP contribution in [0.5, 0.6) is 0 Å². The summed E-state index contributed by atoms with van der Waals surface area (Å²) in [7, 11) is 0. The first kappa shape index (κ1) is 15.5. The maximum Gasteiger partial charge on any atom is 0.312 e. The van der Waals surface area contributed by atoms with Gasteiger partial charge in [0.15, 0.2) is 5.78 Å². The predicted molar refractivity (Wildman–Crippen MR) is 85.4 cm³/mol. The lowest BCUT2D eigenvalue weighted by Crippen LogP contribution is -2.25. The summed E-state index contributed by atoms with van der Waals surface area (Å²) in [6, 6.07) is 8.18. The number of benzene rings is 1. The molecule has 8 heteroatoms. The van der Waals surface area contributed by atoms with Crippen LogP contribution in [0.2, 0.25) is 0 Å². The number of H-pyrrole nitrogens is 1. The molecule has 0 saturated heterocycles. The van der Waals surface area contributed by atoms with Gasteiger partial charge in [0, 0.05) is 42.0 Å². The van der Waals surface area contributed by atoms with Crippen molar-refractivity contribution in [1.29, 1.82) is 0 Å². The second-order valence-corrected chi connectivity index (χ2v) is 5.05. The van der Waals surface area contributed by atoms with Gasteiger partial charge in [-0.15, -0.1) is 5.10 Å². The Bertz CT molecular complexity index is 837. The van der Waals surface area contributed by atoms with Crippen molar-refractivity contribution in [2.45, 2.75) is 6.42 Å².